The largest absolute Gasteiger partial charge is 0.493 e. The lowest BCUT2D eigenvalue weighted by molar-refractivity contribution is -0.115. The normalized spacial score (nSPS) is 12.5. The Balaban J connectivity index is 1.44. The molecule has 3 aromatic rings. The second kappa shape index (κ2) is 10.6. The summed E-state index contributed by atoms with van der Waals surface area (Å²) in [6, 6.07) is 17.1. The molecule has 0 bridgehead atoms. The quantitative estimate of drug-likeness (QED) is 0.489. The molecule has 0 unspecified atom stereocenters. The van der Waals surface area contributed by atoms with Crippen molar-refractivity contribution in [1.82, 2.24) is 0 Å². The Morgan fingerprint density at radius 1 is 0.944 bits per heavy atom. The summed E-state index contributed by atoms with van der Waals surface area (Å²) in [5, 5.41) is 5.52. The molecule has 1 aliphatic rings. The predicted octanol–water partition coefficient (Wildman–Crippen LogP) is 3.96. The van der Waals surface area contributed by atoms with Crippen LogP contribution in [0, 0.1) is 0 Å². The van der Waals surface area contributed by atoms with Crippen LogP contribution in [0.4, 0.5) is 17.1 Å². The number of hydrogen-bond donors (Lipinski definition) is 2. The maximum absolute atomic E-state index is 13.1. The Kier molecular flexibility index (Phi) is 7.20. The molecule has 0 atom stereocenters. The van der Waals surface area contributed by atoms with Crippen LogP contribution in [0.5, 0.6) is 17.2 Å². The van der Waals surface area contributed by atoms with E-state index in [1.807, 2.05) is 0 Å². The highest BCUT2D eigenvalue weighted by molar-refractivity contribution is 6.15. The van der Waals surface area contributed by atoms with Gasteiger partial charge >= 0.3 is 0 Å². The van der Waals surface area contributed by atoms with Crippen molar-refractivity contribution in [3.8, 4) is 17.2 Å². The molecule has 0 spiro atoms. The van der Waals surface area contributed by atoms with Gasteiger partial charge in [0.15, 0.2) is 11.5 Å². The lowest BCUT2D eigenvalue weighted by atomic mass is 10.1. The van der Waals surface area contributed by atoms with Gasteiger partial charge in [0, 0.05) is 17.3 Å². The number of fused-ring (bicyclic) bond motifs is 1. The number of methoxy groups -OCH3 is 3. The Labute approximate surface area is 208 Å². The first-order valence-corrected chi connectivity index (χ1v) is 11.0. The molecule has 0 aromatic heterocycles. The second-order valence-electron chi connectivity index (χ2n) is 7.82. The van der Waals surface area contributed by atoms with E-state index in [0.29, 0.717) is 45.4 Å². The van der Waals surface area contributed by atoms with E-state index < -0.39 is 0 Å². The lowest BCUT2D eigenvalue weighted by Gasteiger charge is -2.29. The molecule has 3 amide bonds. The monoisotopic (exact) mass is 487 g/mol. The molecule has 1 heterocycles. The van der Waals surface area contributed by atoms with E-state index in [1.54, 1.807) is 66.7 Å². The smallest absolute Gasteiger partial charge is 0.258 e. The van der Waals surface area contributed by atoms with Crippen molar-refractivity contribution in [1.29, 1.82) is 0 Å². The van der Waals surface area contributed by atoms with Gasteiger partial charge in [0.2, 0.25) is 17.6 Å². The molecule has 9 nitrogen and oxygen atoms in total. The Bertz CT molecular complexity index is 1310. The lowest BCUT2D eigenvalue weighted by Crippen LogP contribution is -2.42. The summed E-state index contributed by atoms with van der Waals surface area (Å²) >= 11 is 0. The number of benzene rings is 3. The Hall–Kier alpha value is -4.79. The summed E-state index contributed by atoms with van der Waals surface area (Å²) in [4.78, 5) is 39.0. The van der Waals surface area contributed by atoms with Crippen LogP contribution in [0.2, 0.25) is 0 Å². The summed E-state index contributed by atoms with van der Waals surface area (Å²) in [6.07, 6.45) is 3.00. The average molecular weight is 488 g/mol. The highest BCUT2D eigenvalue weighted by Gasteiger charge is 2.27. The number of carbonyl (C=O) groups excluding carboxylic acids is 3. The van der Waals surface area contributed by atoms with Gasteiger partial charge in [0.25, 0.3) is 5.91 Å². The fraction of sp³-hybridized carbons (Fsp3) is 0.148. The summed E-state index contributed by atoms with van der Waals surface area (Å²) in [6.45, 7) is -0.0694. The second-order valence-corrected chi connectivity index (χ2v) is 7.82. The number of anilines is 3. The molecule has 1 aliphatic heterocycles. The molecule has 0 radical (unpaired) electrons. The standard InChI is InChI=1S/C27H25N3O6/c1-34-22-14-17(15-23(35-2)26(22)36-3)8-13-24(31)28-19-11-9-18(10-12-19)27(33)30-16-25(32)29-20-6-4-5-7-21(20)30/h4-15H,16H2,1-3H3,(H,28,31)(H,29,32)/b13-8+. The van der Waals surface area contributed by atoms with Crippen LogP contribution in [0.15, 0.2) is 66.7 Å². The zero-order chi connectivity index (χ0) is 25.7. The van der Waals surface area contributed by atoms with E-state index >= 15 is 0 Å². The molecule has 0 fully saturated rings. The first-order valence-electron chi connectivity index (χ1n) is 11.0. The zero-order valence-corrected chi connectivity index (χ0v) is 20.0. The van der Waals surface area contributed by atoms with Crippen molar-refractivity contribution in [2.24, 2.45) is 0 Å². The third-order valence-electron chi connectivity index (χ3n) is 5.53. The highest BCUT2D eigenvalue weighted by Crippen LogP contribution is 2.38. The van der Waals surface area contributed by atoms with E-state index in [9.17, 15) is 14.4 Å². The third kappa shape index (κ3) is 5.15. The summed E-state index contributed by atoms with van der Waals surface area (Å²) in [7, 11) is 4.56. The van der Waals surface area contributed by atoms with Crippen LogP contribution in [0.1, 0.15) is 15.9 Å². The van der Waals surface area contributed by atoms with Crippen LogP contribution < -0.4 is 29.7 Å². The highest BCUT2D eigenvalue weighted by atomic mass is 16.5. The third-order valence-corrected chi connectivity index (χ3v) is 5.53. The van der Waals surface area contributed by atoms with Gasteiger partial charge in [0.1, 0.15) is 6.54 Å². The number of nitrogens with zero attached hydrogens (tertiary/aromatic N) is 1. The number of hydrogen-bond acceptors (Lipinski definition) is 6. The topological polar surface area (TPSA) is 106 Å². The Morgan fingerprint density at radius 2 is 1.61 bits per heavy atom. The molecular weight excluding hydrogens is 462 g/mol. The number of ether oxygens (including phenoxy) is 3. The molecule has 184 valence electrons. The van der Waals surface area contributed by atoms with Gasteiger partial charge in [-0.05, 0) is 60.2 Å². The molecule has 36 heavy (non-hydrogen) atoms. The maximum Gasteiger partial charge on any atom is 0.258 e. The van der Waals surface area contributed by atoms with Crippen LogP contribution in [0.25, 0.3) is 6.08 Å². The van der Waals surface area contributed by atoms with Crippen molar-refractivity contribution in [3.63, 3.8) is 0 Å². The fourth-order valence-electron chi connectivity index (χ4n) is 3.82. The summed E-state index contributed by atoms with van der Waals surface area (Å²) < 4.78 is 16.0. The number of rotatable bonds is 7. The van der Waals surface area contributed by atoms with Gasteiger partial charge in [-0.2, -0.15) is 0 Å². The first-order chi connectivity index (χ1) is 17.4. The number of nitrogens with one attached hydrogen (secondary N) is 2. The SMILES string of the molecule is COc1cc(/C=C/C(=O)Nc2ccc(C(=O)N3CC(=O)Nc4ccccc43)cc2)cc(OC)c1OC. The van der Waals surface area contributed by atoms with Crippen LogP contribution in [-0.4, -0.2) is 45.6 Å². The minimum absolute atomic E-state index is 0.0694. The molecule has 0 aliphatic carbocycles. The summed E-state index contributed by atoms with van der Waals surface area (Å²) in [5.74, 6) is 0.494. The van der Waals surface area contributed by atoms with Crippen molar-refractivity contribution >= 4 is 40.9 Å². The minimum atomic E-state index is -0.357. The van der Waals surface area contributed by atoms with E-state index in [2.05, 4.69) is 10.6 Å². The van der Waals surface area contributed by atoms with Crippen LogP contribution >= 0.6 is 0 Å². The van der Waals surface area contributed by atoms with Gasteiger partial charge in [-0.15, -0.1) is 0 Å². The number of amides is 3. The zero-order valence-electron chi connectivity index (χ0n) is 20.0. The van der Waals surface area contributed by atoms with Gasteiger partial charge in [-0.3, -0.25) is 19.3 Å². The van der Waals surface area contributed by atoms with Gasteiger partial charge in [0.05, 0.1) is 32.7 Å². The van der Waals surface area contributed by atoms with E-state index in [0.717, 1.165) is 0 Å². The molecule has 0 saturated heterocycles. The van der Waals surface area contributed by atoms with Crippen molar-refractivity contribution in [2.75, 3.05) is 43.4 Å². The molecule has 0 saturated carbocycles. The predicted molar refractivity (Wildman–Crippen MR) is 137 cm³/mol. The molecule has 2 N–H and O–H groups in total. The fourth-order valence-corrected chi connectivity index (χ4v) is 3.82. The van der Waals surface area contributed by atoms with Gasteiger partial charge in [-0.1, -0.05) is 12.1 Å². The van der Waals surface area contributed by atoms with Crippen molar-refractivity contribution < 1.29 is 28.6 Å². The molecule has 3 aromatic carbocycles. The van der Waals surface area contributed by atoms with E-state index in [-0.39, 0.29) is 24.3 Å². The maximum atomic E-state index is 13.1. The van der Waals surface area contributed by atoms with E-state index in [1.165, 1.54) is 32.3 Å². The van der Waals surface area contributed by atoms with Crippen LogP contribution in [-0.2, 0) is 9.59 Å². The minimum Gasteiger partial charge on any atom is -0.493 e. The Morgan fingerprint density at radius 3 is 2.25 bits per heavy atom. The van der Waals surface area contributed by atoms with Crippen LogP contribution in [0.3, 0.4) is 0 Å². The van der Waals surface area contributed by atoms with E-state index in [4.69, 9.17) is 14.2 Å². The van der Waals surface area contributed by atoms with Gasteiger partial charge < -0.3 is 24.8 Å². The van der Waals surface area contributed by atoms with Crippen molar-refractivity contribution in [3.05, 3.63) is 77.9 Å². The first kappa shape index (κ1) is 24.3. The van der Waals surface area contributed by atoms with Gasteiger partial charge in [-0.25, -0.2) is 0 Å². The molecular formula is C27H25N3O6. The average Bonchev–Trinajstić information content (AvgIpc) is 2.90. The van der Waals surface area contributed by atoms with Crippen molar-refractivity contribution in [2.45, 2.75) is 0 Å². The summed E-state index contributed by atoms with van der Waals surface area (Å²) in [5.41, 5.74) is 2.82. The molecule has 9 heteroatoms. The molecule has 4 rings (SSSR count). The number of carbonyl (C=O) groups is 3. The number of para-hydroxylation sites is 2.